The predicted molar refractivity (Wildman–Crippen MR) is 238 cm³/mol. The standard InChI is InChI=1S/C53H36N4/c1-4-16-35(17-5-1)44-33-46(36-18-6-2-7-19-36)54-52-45(32-39-22-10-11-23-41(39)51(44)52)48-34-47(55-53(56-48)38-20-8-3-9-21-38)37-28-30-40(31-29-37)57-49-26-14-12-24-42(49)43-25-13-15-27-50(43)57/h1-34,48H,(H,55,56). The normalized spacial score (nSPS) is 14.1. The molecule has 4 nitrogen and oxygen atoms in total. The van der Waals surface area contributed by atoms with Gasteiger partial charge in [-0.05, 0) is 69.9 Å². The van der Waals surface area contributed by atoms with Gasteiger partial charge in [-0.3, -0.25) is 4.99 Å². The van der Waals surface area contributed by atoms with E-state index in [9.17, 15) is 0 Å². The van der Waals surface area contributed by atoms with Crippen molar-refractivity contribution in [3.8, 4) is 28.1 Å². The zero-order valence-corrected chi connectivity index (χ0v) is 31.0. The lowest BCUT2D eigenvalue weighted by Gasteiger charge is -2.25. The Bertz CT molecular complexity index is 3130. The van der Waals surface area contributed by atoms with Gasteiger partial charge in [0.1, 0.15) is 5.84 Å². The van der Waals surface area contributed by atoms with Crippen LogP contribution in [0.3, 0.4) is 0 Å². The Balaban J connectivity index is 1.12. The van der Waals surface area contributed by atoms with Crippen molar-refractivity contribution in [1.29, 1.82) is 0 Å². The van der Waals surface area contributed by atoms with Crippen molar-refractivity contribution < 1.29 is 0 Å². The Morgan fingerprint density at radius 3 is 1.70 bits per heavy atom. The summed E-state index contributed by atoms with van der Waals surface area (Å²) in [6, 6.07) is 70.7. The molecule has 0 bridgehead atoms. The molecular formula is C53H36N4. The number of rotatable bonds is 6. The highest BCUT2D eigenvalue weighted by Gasteiger charge is 2.25. The first-order chi connectivity index (χ1) is 28.3. The second-order valence-corrected chi connectivity index (χ2v) is 14.6. The molecule has 3 heterocycles. The Hall–Kier alpha value is -7.56. The fourth-order valence-corrected chi connectivity index (χ4v) is 8.54. The molecule has 0 fully saturated rings. The molecule has 2 aromatic heterocycles. The van der Waals surface area contributed by atoms with Crippen molar-refractivity contribution in [3.63, 3.8) is 0 Å². The predicted octanol–water partition coefficient (Wildman–Crippen LogP) is 13.0. The minimum absolute atomic E-state index is 0.317. The van der Waals surface area contributed by atoms with Crippen LogP contribution in [-0.2, 0) is 0 Å². The lowest BCUT2D eigenvalue weighted by Crippen LogP contribution is -2.27. The van der Waals surface area contributed by atoms with Gasteiger partial charge in [0.25, 0.3) is 0 Å². The summed E-state index contributed by atoms with van der Waals surface area (Å²) in [5, 5.41) is 9.71. The number of hydrogen-bond donors (Lipinski definition) is 1. The number of hydrogen-bond acceptors (Lipinski definition) is 3. The van der Waals surface area contributed by atoms with Gasteiger partial charge >= 0.3 is 0 Å². The van der Waals surface area contributed by atoms with Crippen LogP contribution in [0.15, 0.2) is 211 Å². The second-order valence-electron chi connectivity index (χ2n) is 14.6. The number of aliphatic imine (C=N–C) groups is 1. The number of para-hydroxylation sites is 2. The highest BCUT2D eigenvalue weighted by molar-refractivity contribution is 6.16. The van der Waals surface area contributed by atoms with Crippen LogP contribution in [0.5, 0.6) is 0 Å². The summed E-state index contributed by atoms with van der Waals surface area (Å²) >= 11 is 0. The van der Waals surface area contributed by atoms with Crippen LogP contribution in [0.4, 0.5) is 0 Å². The zero-order chi connectivity index (χ0) is 37.7. The number of amidine groups is 1. The molecule has 0 aliphatic carbocycles. The molecule has 0 saturated heterocycles. The van der Waals surface area contributed by atoms with Gasteiger partial charge in [-0.15, -0.1) is 0 Å². The van der Waals surface area contributed by atoms with Gasteiger partial charge in [0.15, 0.2) is 0 Å². The van der Waals surface area contributed by atoms with Gasteiger partial charge in [0.2, 0.25) is 0 Å². The summed E-state index contributed by atoms with van der Waals surface area (Å²) in [6.45, 7) is 0. The van der Waals surface area contributed by atoms with Gasteiger partial charge in [-0.25, -0.2) is 4.98 Å². The summed E-state index contributed by atoms with van der Waals surface area (Å²) in [5.41, 5.74) is 13.0. The maximum absolute atomic E-state index is 5.52. The summed E-state index contributed by atoms with van der Waals surface area (Å²) in [5.74, 6) is 0.827. The van der Waals surface area contributed by atoms with Crippen molar-refractivity contribution in [2.45, 2.75) is 6.04 Å². The lowest BCUT2D eigenvalue weighted by atomic mass is 9.90. The van der Waals surface area contributed by atoms with Crippen molar-refractivity contribution in [1.82, 2.24) is 14.9 Å². The molecule has 0 radical (unpaired) electrons. The Morgan fingerprint density at radius 1 is 0.474 bits per heavy atom. The summed E-state index contributed by atoms with van der Waals surface area (Å²) in [7, 11) is 0. The van der Waals surface area contributed by atoms with E-state index < -0.39 is 0 Å². The van der Waals surface area contributed by atoms with Gasteiger partial charge in [-0.2, -0.15) is 0 Å². The van der Waals surface area contributed by atoms with Gasteiger partial charge in [0, 0.05) is 44.2 Å². The van der Waals surface area contributed by atoms with E-state index in [0.717, 1.165) is 72.6 Å². The highest BCUT2D eigenvalue weighted by atomic mass is 15.0. The first-order valence-corrected chi connectivity index (χ1v) is 19.5. The van der Waals surface area contributed by atoms with Gasteiger partial charge < -0.3 is 9.88 Å². The second kappa shape index (κ2) is 13.6. The smallest absolute Gasteiger partial charge is 0.133 e. The van der Waals surface area contributed by atoms with Gasteiger partial charge in [0.05, 0.1) is 28.3 Å². The molecule has 1 atom stereocenters. The van der Waals surface area contributed by atoms with Crippen LogP contribution >= 0.6 is 0 Å². The van der Waals surface area contributed by atoms with Crippen LogP contribution < -0.4 is 5.32 Å². The fourth-order valence-electron chi connectivity index (χ4n) is 8.54. The topological polar surface area (TPSA) is 42.2 Å². The highest BCUT2D eigenvalue weighted by Crippen LogP contribution is 2.42. The Morgan fingerprint density at radius 2 is 1.04 bits per heavy atom. The maximum Gasteiger partial charge on any atom is 0.133 e. The number of fused-ring (bicyclic) bond motifs is 6. The first-order valence-electron chi connectivity index (χ1n) is 19.5. The maximum atomic E-state index is 5.52. The number of pyridine rings is 1. The molecule has 57 heavy (non-hydrogen) atoms. The van der Waals surface area contributed by atoms with E-state index in [1.807, 2.05) is 6.07 Å². The van der Waals surface area contributed by atoms with Crippen molar-refractivity contribution >= 4 is 55.0 Å². The number of nitrogens with zero attached hydrogens (tertiary/aromatic N) is 3. The molecule has 268 valence electrons. The summed E-state index contributed by atoms with van der Waals surface area (Å²) in [6.07, 6.45) is 2.27. The SMILES string of the molecule is C1=C(c2ccc(-n3c4ccccc4c4ccccc43)cc2)NC(c2ccccc2)=NC1c1cc2ccccc2c2c(-c3ccccc3)cc(-c3ccccc3)nc12. The zero-order valence-electron chi connectivity index (χ0n) is 31.0. The molecular weight excluding hydrogens is 693 g/mol. The van der Waals surface area contributed by atoms with Crippen LogP contribution in [0.25, 0.3) is 77.2 Å². The Kier molecular flexibility index (Phi) is 7.85. The monoisotopic (exact) mass is 728 g/mol. The van der Waals surface area contributed by atoms with E-state index >= 15 is 0 Å². The lowest BCUT2D eigenvalue weighted by molar-refractivity contribution is 0.887. The summed E-state index contributed by atoms with van der Waals surface area (Å²) < 4.78 is 2.36. The molecule has 11 rings (SSSR count). The van der Waals surface area contributed by atoms with E-state index in [4.69, 9.17) is 9.98 Å². The van der Waals surface area contributed by atoms with Crippen LogP contribution in [0.1, 0.15) is 22.7 Å². The molecule has 1 N–H and O–H groups in total. The van der Waals surface area contributed by atoms with E-state index in [1.165, 1.54) is 27.2 Å². The van der Waals surface area contributed by atoms with Crippen LogP contribution in [0, 0.1) is 0 Å². The number of nitrogens with one attached hydrogen (secondary N) is 1. The molecule has 1 aliphatic rings. The van der Waals surface area contributed by atoms with Crippen molar-refractivity contribution in [3.05, 3.63) is 223 Å². The van der Waals surface area contributed by atoms with E-state index in [-0.39, 0.29) is 6.04 Å². The third-order valence-electron chi connectivity index (χ3n) is 11.2. The average molecular weight is 729 g/mol. The molecule has 1 aliphatic heterocycles. The number of aromatic nitrogens is 2. The van der Waals surface area contributed by atoms with E-state index in [1.54, 1.807) is 0 Å². The minimum atomic E-state index is -0.317. The van der Waals surface area contributed by atoms with Crippen molar-refractivity contribution in [2.75, 3.05) is 0 Å². The molecule has 0 spiro atoms. The van der Waals surface area contributed by atoms with Gasteiger partial charge in [-0.1, -0.05) is 164 Å². The van der Waals surface area contributed by atoms with Crippen molar-refractivity contribution in [2.24, 2.45) is 4.99 Å². The summed E-state index contributed by atoms with van der Waals surface area (Å²) in [4.78, 5) is 11.0. The molecule has 0 saturated carbocycles. The van der Waals surface area contributed by atoms with E-state index in [0.29, 0.717) is 0 Å². The third-order valence-corrected chi connectivity index (χ3v) is 11.2. The molecule has 8 aromatic carbocycles. The minimum Gasteiger partial charge on any atom is -0.340 e. The largest absolute Gasteiger partial charge is 0.340 e. The quantitative estimate of drug-likeness (QED) is 0.173. The molecule has 1 unspecified atom stereocenters. The average Bonchev–Trinajstić information content (AvgIpc) is 3.63. The van der Waals surface area contributed by atoms with Crippen LogP contribution in [-0.4, -0.2) is 15.4 Å². The first kappa shape index (κ1) is 32.8. The van der Waals surface area contributed by atoms with E-state index in [2.05, 4.69) is 210 Å². The third kappa shape index (κ3) is 5.70. The molecule has 10 aromatic rings. The Labute approximate surface area is 330 Å². The number of benzene rings is 8. The molecule has 0 amide bonds. The van der Waals surface area contributed by atoms with Crippen LogP contribution in [0.2, 0.25) is 0 Å². The molecule has 4 heteroatoms. The fraction of sp³-hybridized carbons (Fsp3) is 0.0189.